The van der Waals surface area contributed by atoms with Crippen molar-refractivity contribution < 1.29 is 4.74 Å². The molecule has 5 heteroatoms. The average molecular weight is 337 g/mol. The van der Waals surface area contributed by atoms with E-state index in [2.05, 4.69) is 40.3 Å². The lowest BCUT2D eigenvalue weighted by Gasteiger charge is -2.17. The van der Waals surface area contributed by atoms with Crippen LogP contribution in [0.25, 0.3) is 0 Å². The standard InChI is InChI=1S/C14H13BrN2OS/c1-9(12-6-7-13(15)19-12)17-14-10(8-16)4-3-5-11(14)18-2/h3-7,9,17H,1-2H3. The number of benzene rings is 1. The molecular weight excluding hydrogens is 324 g/mol. The van der Waals surface area contributed by atoms with Crippen LogP contribution in [-0.2, 0) is 0 Å². The molecule has 0 fully saturated rings. The summed E-state index contributed by atoms with van der Waals surface area (Å²) in [6, 6.07) is 11.8. The smallest absolute Gasteiger partial charge is 0.143 e. The summed E-state index contributed by atoms with van der Waals surface area (Å²) in [5.41, 5.74) is 1.33. The van der Waals surface area contributed by atoms with Gasteiger partial charge in [0.15, 0.2) is 0 Å². The first-order valence-corrected chi connectivity index (χ1v) is 7.35. The molecule has 2 rings (SSSR count). The normalized spacial score (nSPS) is 11.7. The van der Waals surface area contributed by atoms with Crippen molar-refractivity contribution in [2.75, 3.05) is 12.4 Å². The Morgan fingerprint density at radius 1 is 1.37 bits per heavy atom. The van der Waals surface area contributed by atoms with Gasteiger partial charge in [0.1, 0.15) is 11.8 Å². The number of para-hydroxylation sites is 1. The topological polar surface area (TPSA) is 45.0 Å². The maximum atomic E-state index is 9.18. The van der Waals surface area contributed by atoms with Crippen molar-refractivity contribution in [1.82, 2.24) is 0 Å². The number of hydrogen-bond acceptors (Lipinski definition) is 4. The molecule has 1 unspecified atom stereocenters. The van der Waals surface area contributed by atoms with Crippen LogP contribution in [0, 0.1) is 11.3 Å². The van der Waals surface area contributed by atoms with Gasteiger partial charge in [0.25, 0.3) is 0 Å². The largest absolute Gasteiger partial charge is 0.495 e. The van der Waals surface area contributed by atoms with Gasteiger partial charge in [0.05, 0.1) is 28.2 Å². The molecule has 0 radical (unpaired) electrons. The number of anilines is 1. The van der Waals surface area contributed by atoms with E-state index in [0.717, 1.165) is 9.47 Å². The van der Waals surface area contributed by atoms with E-state index in [0.29, 0.717) is 11.3 Å². The van der Waals surface area contributed by atoms with Crippen LogP contribution in [0.4, 0.5) is 5.69 Å². The summed E-state index contributed by atoms with van der Waals surface area (Å²) in [5, 5.41) is 12.5. The Hall–Kier alpha value is -1.51. The minimum absolute atomic E-state index is 0.111. The fourth-order valence-corrected chi connectivity index (χ4v) is 3.22. The molecule has 1 aromatic heterocycles. The zero-order valence-corrected chi connectivity index (χ0v) is 13.0. The van der Waals surface area contributed by atoms with Gasteiger partial charge < -0.3 is 10.1 Å². The molecule has 1 aromatic carbocycles. The van der Waals surface area contributed by atoms with Crippen LogP contribution in [0.1, 0.15) is 23.4 Å². The Morgan fingerprint density at radius 3 is 2.74 bits per heavy atom. The number of rotatable bonds is 4. The summed E-state index contributed by atoms with van der Waals surface area (Å²) in [5.74, 6) is 0.682. The first kappa shape index (κ1) is 13.9. The van der Waals surface area contributed by atoms with Gasteiger partial charge >= 0.3 is 0 Å². The Morgan fingerprint density at radius 2 is 2.16 bits per heavy atom. The molecule has 0 spiro atoms. The number of thiophene rings is 1. The van der Waals surface area contributed by atoms with Crippen molar-refractivity contribution in [1.29, 1.82) is 5.26 Å². The molecule has 0 saturated carbocycles. The van der Waals surface area contributed by atoms with Gasteiger partial charge in [-0.25, -0.2) is 0 Å². The number of methoxy groups -OCH3 is 1. The first-order chi connectivity index (χ1) is 9.15. The fourth-order valence-electron chi connectivity index (χ4n) is 1.79. The molecule has 0 amide bonds. The van der Waals surface area contributed by atoms with Gasteiger partial charge in [-0.2, -0.15) is 5.26 Å². The third-order valence-corrected chi connectivity index (χ3v) is 4.55. The molecular formula is C14H13BrN2OS. The molecule has 19 heavy (non-hydrogen) atoms. The van der Waals surface area contributed by atoms with Crippen molar-refractivity contribution in [3.63, 3.8) is 0 Å². The number of nitriles is 1. The lowest BCUT2D eigenvalue weighted by Crippen LogP contribution is -2.07. The zero-order valence-electron chi connectivity index (χ0n) is 10.6. The number of nitrogens with one attached hydrogen (secondary N) is 1. The van der Waals surface area contributed by atoms with Gasteiger partial charge in [0, 0.05) is 4.88 Å². The molecule has 1 atom stereocenters. The predicted octanol–water partition coefficient (Wildman–Crippen LogP) is 4.56. The van der Waals surface area contributed by atoms with E-state index < -0.39 is 0 Å². The molecule has 3 nitrogen and oxygen atoms in total. The highest BCUT2D eigenvalue weighted by atomic mass is 79.9. The molecule has 1 N–H and O–H groups in total. The van der Waals surface area contributed by atoms with E-state index in [9.17, 15) is 5.26 Å². The van der Waals surface area contributed by atoms with Crippen molar-refractivity contribution in [3.05, 3.63) is 44.6 Å². The van der Waals surface area contributed by atoms with Crippen LogP contribution < -0.4 is 10.1 Å². The summed E-state index contributed by atoms with van der Waals surface area (Å²) < 4.78 is 6.40. The second-order valence-electron chi connectivity index (χ2n) is 4.00. The summed E-state index contributed by atoms with van der Waals surface area (Å²) in [6.45, 7) is 2.06. The van der Waals surface area contributed by atoms with E-state index >= 15 is 0 Å². The minimum Gasteiger partial charge on any atom is -0.495 e. The molecule has 0 aliphatic heterocycles. The summed E-state index contributed by atoms with van der Waals surface area (Å²) in [7, 11) is 1.61. The van der Waals surface area contributed by atoms with Crippen LogP contribution in [0.5, 0.6) is 5.75 Å². The predicted molar refractivity (Wildman–Crippen MR) is 81.8 cm³/mol. The minimum atomic E-state index is 0.111. The maximum Gasteiger partial charge on any atom is 0.143 e. The summed E-state index contributed by atoms with van der Waals surface area (Å²) in [4.78, 5) is 1.20. The Balaban J connectivity index is 2.30. The monoisotopic (exact) mass is 336 g/mol. The van der Waals surface area contributed by atoms with Crippen molar-refractivity contribution in [2.45, 2.75) is 13.0 Å². The Kier molecular flexibility index (Phi) is 4.46. The molecule has 0 aliphatic carbocycles. The highest BCUT2D eigenvalue weighted by molar-refractivity contribution is 9.11. The second kappa shape index (κ2) is 6.09. The molecule has 98 valence electrons. The van der Waals surface area contributed by atoms with Crippen LogP contribution in [-0.4, -0.2) is 7.11 Å². The third kappa shape index (κ3) is 3.09. The molecule has 0 aliphatic rings. The van der Waals surface area contributed by atoms with E-state index in [1.54, 1.807) is 24.5 Å². The third-order valence-electron chi connectivity index (χ3n) is 2.75. The summed E-state index contributed by atoms with van der Waals surface area (Å²) >= 11 is 5.13. The SMILES string of the molecule is COc1cccc(C#N)c1NC(C)c1ccc(Br)s1. The van der Waals surface area contributed by atoms with E-state index in [1.165, 1.54) is 4.88 Å². The van der Waals surface area contributed by atoms with E-state index in [-0.39, 0.29) is 6.04 Å². The van der Waals surface area contributed by atoms with Crippen molar-refractivity contribution in [3.8, 4) is 11.8 Å². The number of ether oxygens (including phenoxy) is 1. The van der Waals surface area contributed by atoms with E-state index in [4.69, 9.17) is 4.74 Å². The lowest BCUT2D eigenvalue weighted by atomic mass is 10.1. The van der Waals surface area contributed by atoms with E-state index in [1.807, 2.05) is 18.2 Å². The molecule has 2 aromatic rings. The quantitative estimate of drug-likeness (QED) is 0.889. The van der Waals surface area contributed by atoms with Crippen molar-refractivity contribution >= 4 is 33.0 Å². The zero-order chi connectivity index (χ0) is 13.8. The molecule has 0 bridgehead atoms. The average Bonchev–Trinajstić information content (AvgIpc) is 2.85. The lowest BCUT2D eigenvalue weighted by molar-refractivity contribution is 0.416. The van der Waals surface area contributed by atoms with Gasteiger partial charge in [-0.15, -0.1) is 11.3 Å². The van der Waals surface area contributed by atoms with Gasteiger partial charge in [-0.1, -0.05) is 6.07 Å². The fraction of sp³-hybridized carbons (Fsp3) is 0.214. The van der Waals surface area contributed by atoms with Gasteiger partial charge in [-0.3, -0.25) is 0 Å². The summed E-state index contributed by atoms with van der Waals surface area (Å²) in [6.07, 6.45) is 0. The highest BCUT2D eigenvalue weighted by Gasteiger charge is 2.14. The molecule has 1 heterocycles. The maximum absolute atomic E-state index is 9.18. The van der Waals surface area contributed by atoms with Crippen LogP contribution in [0.2, 0.25) is 0 Å². The Labute approximate surface area is 125 Å². The van der Waals surface area contributed by atoms with Crippen LogP contribution >= 0.6 is 27.3 Å². The highest BCUT2D eigenvalue weighted by Crippen LogP contribution is 2.34. The van der Waals surface area contributed by atoms with Crippen molar-refractivity contribution in [2.24, 2.45) is 0 Å². The van der Waals surface area contributed by atoms with Crippen LogP contribution in [0.3, 0.4) is 0 Å². The van der Waals surface area contributed by atoms with Gasteiger partial charge in [0.2, 0.25) is 0 Å². The Bertz CT molecular complexity index is 618. The van der Waals surface area contributed by atoms with Gasteiger partial charge in [-0.05, 0) is 47.1 Å². The molecule has 0 saturated heterocycles. The number of nitrogens with zero attached hydrogens (tertiary/aromatic N) is 1. The first-order valence-electron chi connectivity index (χ1n) is 5.74. The second-order valence-corrected chi connectivity index (χ2v) is 6.50. The van der Waals surface area contributed by atoms with Crippen LogP contribution in [0.15, 0.2) is 34.1 Å². The number of halogens is 1. The number of hydrogen-bond donors (Lipinski definition) is 1.